The van der Waals surface area contributed by atoms with Gasteiger partial charge in [-0.15, -0.1) is 0 Å². The van der Waals surface area contributed by atoms with E-state index >= 15 is 0 Å². The summed E-state index contributed by atoms with van der Waals surface area (Å²) in [6.45, 7) is 8.22. The third-order valence-corrected chi connectivity index (χ3v) is 5.63. The largest absolute Gasteiger partial charge is 0.368 e. The van der Waals surface area contributed by atoms with Crippen LogP contribution in [-0.4, -0.2) is 48.5 Å². The normalized spacial score (nSPS) is 14.9. The third kappa shape index (κ3) is 4.40. The molecule has 0 radical (unpaired) electrons. The summed E-state index contributed by atoms with van der Waals surface area (Å²) in [5.74, 6) is 0.0596. The highest BCUT2D eigenvalue weighted by molar-refractivity contribution is 5.93. The Morgan fingerprint density at radius 3 is 2.66 bits per heavy atom. The fraction of sp³-hybridized carbons (Fsp3) is 0.333. The number of benzene rings is 2. The minimum Gasteiger partial charge on any atom is -0.368 e. The number of carbonyl (C=O) groups excluding carboxylic acids is 1. The molecule has 150 valence electrons. The van der Waals surface area contributed by atoms with Gasteiger partial charge in [-0.25, -0.2) is 0 Å². The van der Waals surface area contributed by atoms with E-state index in [1.165, 1.54) is 22.2 Å². The van der Waals surface area contributed by atoms with E-state index in [1.807, 2.05) is 24.4 Å². The zero-order valence-electron chi connectivity index (χ0n) is 17.2. The molecule has 1 amide bonds. The van der Waals surface area contributed by atoms with Gasteiger partial charge in [-0.05, 0) is 43.2 Å². The highest BCUT2D eigenvalue weighted by Gasteiger charge is 2.21. The second-order valence-electron chi connectivity index (χ2n) is 7.67. The lowest BCUT2D eigenvalue weighted by Gasteiger charge is -2.36. The van der Waals surface area contributed by atoms with Crippen molar-refractivity contribution in [3.05, 3.63) is 65.9 Å². The predicted octanol–water partition coefficient (Wildman–Crippen LogP) is 3.87. The maximum atomic E-state index is 12.5. The molecule has 0 atom stereocenters. The number of nitrogens with one attached hydrogen (secondary N) is 1. The molecule has 0 aliphatic carbocycles. The highest BCUT2D eigenvalue weighted by Crippen LogP contribution is 2.27. The maximum absolute atomic E-state index is 12.5. The lowest BCUT2D eigenvalue weighted by Crippen LogP contribution is -2.48. The molecule has 0 saturated carbocycles. The van der Waals surface area contributed by atoms with Gasteiger partial charge in [-0.3, -0.25) is 14.7 Å². The van der Waals surface area contributed by atoms with Crippen LogP contribution < -0.4 is 10.2 Å². The summed E-state index contributed by atoms with van der Waals surface area (Å²) in [6.07, 6.45) is 2.80. The molecule has 5 nitrogen and oxygen atoms in total. The zero-order chi connectivity index (χ0) is 20.2. The summed E-state index contributed by atoms with van der Waals surface area (Å²) in [7, 11) is 0. The molecule has 2 aromatic carbocycles. The van der Waals surface area contributed by atoms with Gasteiger partial charge in [0.25, 0.3) is 0 Å². The molecule has 1 fully saturated rings. The topological polar surface area (TPSA) is 48.5 Å². The van der Waals surface area contributed by atoms with Crippen LogP contribution in [0.3, 0.4) is 0 Å². The minimum atomic E-state index is 0.0596. The number of amides is 1. The van der Waals surface area contributed by atoms with E-state index in [2.05, 4.69) is 64.3 Å². The minimum absolute atomic E-state index is 0.0596. The molecule has 1 saturated heterocycles. The molecule has 5 heteroatoms. The van der Waals surface area contributed by atoms with Crippen LogP contribution in [0, 0.1) is 6.92 Å². The average Bonchev–Trinajstić information content (AvgIpc) is 2.74. The molecular formula is C24H28N4O. The second kappa shape index (κ2) is 8.62. The van der Waals surface area contributed by atoms with Crippen molar-refractivity contribution < 1.29 is 4.79 Å². The van der Waals surface area contributed by atoms with Crippen molar-refractivity contribution in [3.63, 3.8) is 0 Å². The number of aryl methyl sites for hydroxylation is 2. The monoisotopic (exact) mass is 388 g/mol. The molecule has 29 heavy (non-hydrogen) atoms. The van der Waals surface area contributed by atoms with E-state index in [4.69, 9.17) is 0 Å². The van der Waals surface area contributed by atoms with Gasteiger partial charge in [0, 0.05) is 49.1 Å². The highest BCUT2D eigenvalue weighted by atomic mass is 16.2. The first kappa shape index (κ1) is 19.4. The van der Waals surface area contributed by atoms with E-state index in [0.717, 1.165) is 43.8 Å². The fourth-order valence-corrected chi connectivity index (χ4v) is 4.01. The first-order valence-electron chi connectivity index (χ1n) is 10.3. The molecular weight excluding hydrogens is 360 g/mol. The molecule has 3 aromatic rings. The van der Waals surface area contributed by atoms with Gasteiger partial charge in [0.15, 0.2) is 0 Å². The summed E-state index contributed by atoms with van der Waals surface area (Å²) in [5.41, 5.74) is 5.61. The van der Waals surface area contributed by atoms with Crippen molar-refractivity contribution in [1.29, 1.82) is 0 Å². The quantitative estimate of drug-likeness (QED) is 0.721. The standard InChI is InChI=1S/C24H28N4O/c1-3-19-6-4-5-7-21(19)26-24(29)17-27-12-14-28(15-13-27)23-10-11-25-22-9-8-18(2)16-20(22)23/h4-11,16H,3,12-15,17H2,1-2H3,(H,26,29). The van der Waals surface area contributed by atoms with Gasteiger partial charge in [-0.1, -0.05) is 36.8 Å². The average molecular weight is 389 g/mol. The maximum Gasteiger partial charge on any atom is 0.238 e. The lowest BCUT2D eigenvalue weighted by atomic mass is 10.1. The van der Waals surface area contributed by atoms with Gasteiger partial charge in [0.05, 0.1) is 12.1 Å². The number of hydrogen-bond acceptors (Lipinski definition) is 4. The van der Waals surface area contributed by atoms with Crippen LogP contribution in [0.2, 0.25) is 0 Å². The number of carbonyl (C=O) groups is 1. The van der Waals surface area contributed by atoms with E-state index < -0.39 is 0 Å². The lowest BCUT2D eigenvalue weighted by molar-refractivity contribution is -0.117. The Hall–Kier alpha value is -2.92. The number of para-hydroxylation sites is 1. The fourth-order valence-electron chi connectivity index (χ4n) is 4.01. The molecule has 1 N–H and O–H groups in total. The number of aromatic nitrogens is 1. The summed E-state index contributed by atoms with van der Waals surface area (Å²) < 4.78 is 0. The number of fused-ring (bicyclic) bond motifs is 1. The van der Waals surface area contributed by atoms with Gasteiger partial charge in [0.1, 0.15) is 0 Å². The molecule has 0 bridgehead atoms. The third-order valence-electron chi connectivity index (χ3n) is 5.63. The molecule has 1 aliphatic heterocycles. The van der Waals surface area contributed by atoms with Crippen LogP contribution in [-0.2, 0) is 11.2 Å². The Labute approximate surface area is 172 Å². The smallest absolute Gasteiger partial charge is 0.238 e. The number of rotatable bonds is 5. The number of piperazine rings is 1. The number of anilines is 2. The van der Waals surface area contributed by atoms with Crippen LogP contribution in [0.5, 0.6) is 0 Å². The van der Waals surface area contributed by atoms with Crippen molar-refractivity contribution in [2.75, 3.05) is 42.9 Å². The predicted molar refractivity (Wildman–Crippen MR) is 120 cm³/mol. The summed E-state index contributed by atoms with van der Waals surface area (Å²) in [4.78, 5) is 21.7. The first-order valence-corrected chi connectivity index (χ1v) is 10.3. The van der Waals surface area contributed by atoms with E-state index in [0.29, 0.717) is 6.54 Å². The van der Waals surface area contributed by atoms with E-state index in [1.54, 1.807) is 0 Å². The molecule has 2 heterocycles. The van der Waals surface area contributed by atoms with Crippen molar-refractivity contribution in [1.82, 2.24) is 9.88 Å². The molecule has 0 unspecified atom stereocenters. The van der Waals surface area contributed by atoms with Crippen molar-refractivity contribution in [2.45, 2.75) is 20.3 Å². The van der Waals surface area contributed by atoms with Gasteiger partial charge < -0.3 is 10.2 Å². The Balaban J connectivity index is 1.37. The van der Waals surface area contributed by atoms with Gasteiger partial charge in [0.2, 0.25) is 5.91 Å². The molecule has 1 aliphatic rings. The summed E-state index contributed by atoms with van der Waals surface area (Å²) in [6, 6.07) is 16.5. The van der Waals surface area contributed by atoms with Crippen molar-refractivity contribution in [2.24, 2.45) is 0 Å². The summed E-state index contributed by atoms with van der Waals surface area (Å²) in [5, 5.41) is 4.28. The van der Waals surface area contributed by atoms with Gasteiger partial charge >= 0.3 is 0 Å². The number of pyridine rings is 1. The SMILES string of the molecule is CCc1ccccc1NC(=O)CN1CCN(c2ccnc3ccc(C)cc23)CC1. The van der Waals surface area contributed by atoms with Crippen molar-refractivity contribution >= 4 is 28.2 Å². The van der Waals surface area contributed by atoms with E-state index in [9.17, 15) is 4.79 Å². The Kier molecular flexibility index (Phi) is 5.76. The zero-order valence-corrected chi connectivity index (χ0v) is 17.2. The Morgan fingerprint density at radius 2 is 1.86 bits per heavy atom. The Bertz CT molecular complexity index is 1010. The number of hydrogen-bond donors (Lipinski definition) is 1. The molecule has 4 rings (SSSR count). The number of nitrogens with zero attached hydrogens (tertiary/aromatic N) is 3. The first-order chi connectivity index (χ1) is 14.1. The van der Waals surface area contributed by atoms with Crippen molar-refractivity contribution in [3.8, 4) is 0 Å². The van der Waals surface area contributed by atoms with Gasteiger partial charge in [-0.2, -0.15) is 0 Å². The molecule has 0 spiro atoms. The van der Waals surface area contributed by atoms with Crippen LogP contribution in [0.25, 0.3) is 10.9 Å². The van der Waals surface area contributed by atoms with Crippen LogP contribution in [0.15, 0.2) is 54.7 Å². The Morgan fingerprint density at radius 1 is 1.07 bits per heavy atom. The van der Waals surface area contributed by atoms with Crippen LogP contribution in [0.1, 0.15) is 18.1 Å². The van der Waals surface area contributed by atoms with Crippen LogP contribution >= 0.6 is 0 Å². The van der Waals surface area contributed by atoms with Crippen LogP contribution in [0.4, 0.5) is 11.4 Å². The van der Waals surface area contributed by atoms with E-state index in [-0.39, 0.29) is 5.91 Å². The molecule has 1 aromatic heterocycles. The second-order valence-corrected chi connectivity index (χ2v) is 7.67. The summed E-state index contributed by atoms with van der Waals surface area (Å²) >= 11 is 0.